The molecule has 2 aliphatic heterocycles. The summed E-state index contributed by atoms with van der Waals surface area (Å²) >= 11 is 0. The van der Waals surface area contributed by atoms with E-state index in [9.17, 15) is 24.3 Å². The van der Waals surface area contributed by atoms with E-state index in [1.165, 1.54) is 38.5 Å². The second-order valence-corrected chi connectivity index (χ2v) is 12.5. The first-order chi connectivity index (χ1) is 24.7. The number of anilines is 1. The van der Waals surface area contributed by atoms with Gasteiger partial charge in [0.1, 0.15) is 30.2 Å². The number of amides is 2. The molecule has 2 saturated heterocycles. The summed E-state index contributed by atoms with van der Waals surface area (Å²) in [6.45, 7) is 0.850. The lowest BCUT2D eigenvalue weighted by atomic mass is 9.99. The largest absolute Gasteiger partial charge is 0.495 e. The molecule has 0 radical (unpaired) electrons. The molecule has 2 unspecified atom stereocenters. The summed E-state index contributed by atoms with van der Waals surface area (Å²) in [6, 6.07) is 14.1. The van der Waals surface area contributed by atoms with Gasteiger partial charge in [0, 0.05) is 44.9 Å². The van der Waals surface area contributed by atoms with E-state index in [4.69, 9.17) is 23.8 Å². The maximum Gasteiger partial charge on any atom is 0.398 e. The highest BCUT2D eigenvalue weighted by Gasteiger charge is 2.42. The summed E-state index contributed by atoms with van der Waals surface area (Å²) in [5, 5.41) is 15.4. The molecule has 3 aromatic rings. The number of benzene rings is 3. The lowest BCUT2D eigenvalue weighted by Crippen LogP contribution is -2.63. The van der Waals surface area contributed by atoms with Crippen LogP contribution < -0.4 is 24.8 Å². The predicted octanol–water partition coefficient (Wildman–Crippen LogP) is 4.23. The van der Waals surface area contributed by atoms with E-state index < -0.39 is 40.3 Å². The van der Waals surface area contributed by atoms with Crippen molar-refractivity contribution in [3.8, 4) is 11.5 Å². The van der Waals surface area contributed by atoms with Gasteiger partial charge in [-0.05, 0) is 80.6 Å². The van der Waals surface area contributed by atoms with Gasteiger partial charge in [-0.2, -0.15) is 0 Å². The molecule has 3 aromatic carbocycles. The van der Waals surface area contributed by atoms with Crippen molar-refractivity contribution in [3.63, 3.8) is 0 Å². The summed E-state index contributed by atoms with van der Waals surface area (Å²) in [5.41, 5.74) is 0.404. The monoisotopic (exact) mass is 707 g/mol. The minimum atomic E-state index is -1.64. The van der Waals surface area contributed by atoms with E-state index in [2.05, 4.69) is 5.32 Å². The van der Waals surface area contributed by atoms with Crippen molar-refractivity contribution in [2.45, 2.75) is 44.6 Å². The average molecular weight is 708 g/mol. The van der Waals surface area contributed by atoms with Crippen molar-refractivity contribution in [3.05, 3.63) is 88.7 Å². The number of carboxylic acid groups (broad SMARTS) is 1. The van der Waals surface area contributed by atoms with Crippen LogP contribution in [0.25, 0.3) is 0 Å². The molecule has 1 N–H and O–H groups in total. The summed E-state index contributed by atoms with van der Waals surface area (Å²) in [6.07, 6.45) is 2.66. The molecule has 2 amide bonds. The van der Waals surface area contributed by atoms with Crippen molar-refractivity contribution < 1.29 is 57.1 Å². The second kappa shape index (κ2) is 17.2. The van der Waals surface area contributed by atoms with Crippen LogP contribution in [-0.2, 0) is 14.3 Å². The van der Waals surface area contributed by atoms with Crippen LogP contribution in [0, 0.1) is 5.82 Å². The van der Waals surface area contributed by atoms with E-state index in [1.54, 1.807) is 36.4 Å². The van der Waals surface area contributed by atoms with Gasteiger partial charge < -0.3 is 39.1 Å². The van der Waals surface area contributed by atoms with Crippen molar-refractivity contribution in [2.24, 2.45) is 0 Å². The van der Waals surface area contributed by atoms with Crippen LogP contribution in [0.1, 0.15) is 75.2 Å². The Morgan fingerprint density at radius 2 is 1.47 bits per heavy atom. The van der Waals surface area contributed by atoms with Crippen molar-refractivity contribution in [2.75, 3.05) is 58.9 Å². The third-order valence-corrected chi connectivity index (χ3v) is 8.95. The zero-order valence-corrected chi connectivity index (χ0v) is 28.7. The Bertz CT molecular complexity index is 1700. The van der Waals surface area contributed by atoms with Crippen LogP contribution in [-0.4, -0.2) is 88.4 Å². The Balaban J connectivity index is 1.31. The number of hydrogen-bond donors (Lipinski definition) is 1. The summed E-state index contributed by atoms with van der Waals surface area (Å²) in [5.74, 6) is -2.26. The number of rotatable bonds is 12. The van der Waals surface area contributed by atoms with Crippen molar-refractivity contribution in [1.29, 1.82) is 0 Å². The molecule has 13 nitrogen and oxygen atoms in total. The highest BCUT2D eigenvalue weighted by Crippen LogP contribution is 2.33. The van der Waals surface area contributed by atoms with Gasteiger partial charge in [-0.15, -0.1) is 0 Å². The molecular weight excluding hydrogens is 665 g/mol. The Morgan fingerprint density at radius 1 is 0.824 bits per heavy atom. The molecule has 0 aliphatic carbocycles. The van der Waals surface area contributed by atoms with E-state index in [0.29, 0.717) is 49.4 Å². The van der Waals surface area contributed by atoms with Crippen LogP contribution in [0.3, 0.4) is 0 Å². The number of piperidine rings is 1. The molecule has 0 aromatic heterocycles. The Hall–Kier alpha value is -5.05. The number of ether oxygens (including phenoxy) is 4. The number of methoxy groups -OCH3 is 2. The van der Waals surface area contributed by atoms with E-state index in [0.717, 1.165) is 19.3 Å². The van der Waals surface area contributed by atoms with Crippen molar-refractivity contribution in [1.82, 2.24) is 5.32 Å². The van der Waals surface area contributed by atoms with Crippen LogP contribution >= 0.6 is 0 Å². The number of nitrogens with zero attached hydrogens (tertiary/aromatic N) is 2. The van der Waals surface area contributed by atoms with Gasteiger partial charge in [-0.1, -0.05) is 16.8 Å². The molecule has 5 rings (SSSR count). The first-order valence-electron chi connectivity index (χ1n) is 16.8. The average Bonchev–Trinajstić information content (AvgIpc) is 3.36. The molecule has 272 valence electrons. The molecule has 0 saturated carbocycles. The third-order valence-electron chi connectivity index (χ3n) is 8.95. The van der Waals surface area contributed by atoms with Gasteiger partial charge >= 0.3 is 12.1 Å². The summed E-state index contributed by atoms with van der Waals surface area (Å²) < 4.78 is 35.6. The highest BCUT2D eigenvalue weighted by molar-refractivity contribution is 6.11. The topological polar surface area (TPSA) is 153 Å². The fourth-order valence-electron chi connectivity index (χ4n) is 6.29. The molecule has 0 bridgehead atoms. The standard InChI is InChI=1S/C37H42FN3O10/c1-47-23-49-29-15-13-26(14-16-29)35(43)39-28-8-4-7-21-41(22-28,37(45)46)51-36(44)27-11-9-25(10-12-27)34(42)32-31(50-24-48-2)18-17-30(33(32)38)40-19-5-3-6-20-40/h9-18,28H,3-8,19-24H2,1-2H3,(H-,39,43,45,46). The zero-order valence-electron chi connectivity index (χ0n) is 28.7. The van der Waals surface area contributed by atoms with Gasteiger partial charge in [-0.25, -0.2) is 9.18 Å². The normalized spacial score (nSPS) is 19.0. The molecule has 2 aliphatic rings. The summed E-state index contributed by atoms with van der Waals surface area (Å²) in [4.78, 5) is 60.2. The SMILES string of the molecule is COCOc1ccc(C(=O)NC2CCCC[N+](OC(=O)c3ccc(C(=O)c4c(OCOC)ccc(N5CCCCC5)c4F)cc3)(C(=O)[O-])C2)cc1. The lowest BCUT2D eigenvalue weighted by molar-refractivity contribution is -1.04. The molecule has 14 heteroatoms. The van der Waals surface area contributed by atoms with Gasteiger partial charge in [0.05, 0.1) is 17.3 Å². The van der Waals surface area contributed by atoms with E-state index >= 15 is 4.39 Å². The van der Waals surface area contributed by atoms with Crippen LogP contribution in [0.2, 0.25) is 0 Å². The van der Waals surface area contributed by atoms with Crippen molar-refractivity contribution >= 4 is 29.4 Å². The third kappa shape index (κ3) is 9.01. The number of carbonyl (C=O) groups excluding carboxylic acids is 4. The van der Waals surface area contributed by atoms with E-state index in [-0.39, 0.29) is 49.1 Å². The first kappa shape index (κ1) is 37.2. The minimum absolute atomic E-state index is 0.0138. The van der Waals surface area contributed by atoms with Gasteiger partial charge in [-0.3, -0.25) is 14.4 Å². The minimum Gasteiger partial charge on any atom is -0.495 e. The van der Waals surface area contributed by atoms with Gasteiger partial charge in [0.2, 0.25) is 0 Å². The Labute approximate surface area is 295 Å². The number of hydroxylamine groups is 3. The van der Waals surface area contributed by atoms with Crippen LogP contribution in [0.15, 0.2) is 60.7 Å². The van der Waals surface area contributed by atoms with Gasteiger partial charge in [0.15, 0.2) is 25.2 Å². The molecular formula is C37H42FN3O10. The fourth-order valence-corrected chi connectivity index (χ4v) is 6.29. The quantitative estimate of drug-likeness (QED) is 0.164. The first-order valence-corrected chi connectivity index (χ1v) is 16.8. The number of hydrogen-bond acceptors (Lipinski definition) is 11. The fraction of sp³-hybridized carbons (Fsp3) is 0.405. The zero-order chi connectivity index (χ0) is 36.4. The maximum absolute atomic E-state index is 16.0. The number of ketones is 1. The van der Waals surface area contributed by atoms with Crippen LogP contribution in [0.5, 0.6) is 11.5 Å². The number of likely N-dealkylation sites (tertiary alicyclic amines) is 1. The number of nitrogens with one attached hydrogen (secondary N) is 1. The predicted molar refractivity (Wildman–Crippen MR) is 180 cm³/mol. The molecule has 51 heavy (non-hydrogen) atoms. The Kier molecular flexibility index (Phi) is 12.6. The second-order valence-electron chi connectivity index (χ2n) is 12.5. The molecule has 2 heterocycles. The van der Waals surface area contributed by atoms with Crippen LogP contribution in [0.4, 0.5) is 14.9 Å². The molecule has 0 spiro atoms. The number of halogens is 1. The summed E-state index contributed by atoms with van der Waals surface area (Å²) in [7, 11) is 2.90. The lowest BCUT2D eigenvalue weighted by Gasteiger charge is -2.34. The Morgan fingerprint density at radius 3 is 2.14 bits per heavy atom. The molecule has 2 atom stereocenters. The highest BCUT2D eigenvalue weighted by atomic mass is 19.1. The number of carbonyl (C=O) groups is 4. The smallest absolute Gasteiger partial charge is 0.398 e. The number of quaternary nitrogens is 1. The maximum atomic E-state index is 16.0. The van der Waals surface area contributed by atoms with E-state index in [1.807, 2.05) is 4.90 Å². The van der Waals surface area contributed by atoms with Gasteiger partial charge in [0.25, 0.3) is 5.91 Å². The molecule has 2 fully saturated rings.